The van der Waals surface area contributed by atoms with Gasteiger partial charge in [0, 0.05) is 11.5 Å². The Morgan fingerprint density at radius 1 is 1.70 bits per heavy atom. The Hall–Kier alpha value is -0.440. The summed E-state index contributed by atoms with van der Waals surface area (Å²) in [5.41, 5.74) is 8.06. The molecule has 0 unspecified atom stereocenters. The predicted octanol–water partition coefficient (Wildman–Crippen LogP) is 2.04. The van der Waals surface area contributed by atoms with E-state index in [9.17, 15) is 0 Å². The van der Waals surface area contributed by atoms with Gasteiger partial charge in [-0.2, -0.15) is 0 Å². The third-order valence-electron chi connectivity index (χ3n) is 1.39. The molecule has 2 atom stereocenters. The molecular formula is C5H8ClN3O. The van der Waals surface area contributed by atoms with E-state index in [1.165, 1.54) is 0 Å². The van der Waals surface area contributed by atoms with Crippen LogP contribution in [0, 0.1) is 0 Å². The Balaban J connectivity index is 2.47. The number of alkyl halides is 1. The van der Waals surface area contributed by atoms with Crippen molar-refractivity contribution in [3.05, 3.63) is 10.4 Å². The minimum absolute atomic E-state index is 0.148. The topological polar surface area (TPSA) is 58.0 Å². The van der Waals surface area contributed by atoms with Crippen LogP contribution in [0.1, 0.15) is 12.8 Å². The Labute approximate surface area is 63.7 Å². The van der Waals surface area contributed by atoms with E-state index >= 15 is 0 Å². The van der Waals surface area contributed by atoms with Crippen molar-refractivity contribution in [3.63, 3.8) is 0 Å². The molecule has 10 heavy (non-hydrogen) atoms. The molecule has 0 aromatic heterocycles. The van der Waals surface area contributed by atoms with Crippen LogP contribution in [0.3, 0.4) is 0 Å². The number of ether oxygens (including phenoxy) is 1. The van der Waals surface area contributed by atoms with Crippen molar-refractivity contribution in [1.29, 1.82) is 0 Å². The summed E-state index contributed by atoms with van der Waals surface area (Å²) in [6.07, 6.45) is 1.36. The summed E-state index contributed by atoms with van der Waals surface area (Å²) >= 11 is 5.77. The van der Waals surface area contributed by atoms with Gasteiger partial charge in [-0.15, -0.1) is 11.6 Å². The zero-order chi connectivity index (χ0) is 7.40. The van der Waals surface area contributed by atoms with Gasteiger partial charge in [-0.25, -0.2) is 0 Å². The van der Waals surface area contributed by atoms with Gasteiger partial charge in [0.05, 0.1) is 5.38 Å². The van der Waals surface area contributed by atoms with Crippen LogP contribution in [0.5, 0.6) is 0 Å². The maximum atomic E-state index is 8.06. The summed E-state index contributed by atoms with van der Waals surface area (Å²) in [4.78, 5) is 2.63. The first kappa shape index (κ1) is 7.66. The molecule has 56 valence electrons. The van der Waals surface area contributed by atoms with Crippen LogP contribution in [-0.4, -0.2) is 18.2 Å². The Kier molecular flexibility index (Phi) is 2.81. The lowest BCUT2D eigenvalue weighted by Gasteiger charge is -2.22. The van der Waals surface area contributed by atoms with Crippen LogP contribution in [0.25, 0.3) is 10.4 Å². The fourth-order valence-corrected chi connectivity index (χ4v) is 1.16. The number of hydrogen-bond donors (Lipinski definition) is 0. The van der Waals surface area contributed by atoms with Crippen LogP contribution >= 0.6 is 11.6 Å². The third kappa shape index (κ3) is 1.77. The first-order valence-electron chi connectivity index (χ1n) is 3.14. The zero-order valence-corrected chi connectivity index (χ0v) is 6.16. The number of nitrogens with zero attached hydrogens (tertiary/aromatic N) is 3. The van der Waals surface area contributed by atoms with Crippen LogP contribution in [0.2, 0.25) is 0 Å². The van der Waals surface area contributed by atoms with Gasteiger partial charge < -0.3 is 4.74 Å². The summed E-state index contributed by atoms with van der Waals surface area (Å²) < 4.78 is 5.08. The summed E-state index contributed by atoms with van der Waals surface area (Å²) in [5.74, 6) is 0. The summed E-state index contributed by atoms with van der Waals surface area (Å²) in [6.45, 7) is 0.646. The SMILES string of the molecule is [N-]=[N+]=N[C@H]1OCCC[C@H]1Cl. The molecule has 1 aliphatic heterocycles. The highest BCUT2D eigenvalue weighted by Gasteiger charge is 2.21. The standard InChI is InChI=1S/C5H8ClN3O/c6-4-2-1-3-10-5(4)8-9-7/h4-5H,1-3H2/t4-,5+/m1/s1. The highest BCUT2D eigenvalue weighted by atomic mass is 35.5. The highest BCUT2D eigenvalue weighted by Crippen LogP contribution is 2.19. The van der Waals surface area contributed by atoms with Crippen LogP contribution < -0.4 is 0 Å². The molecule has 1 aliphatic rings. The second-order valence-corrected chi connectivity index (χ2v) is 2.69. The van der Waals surface area contributed by atoms with Crippen molar-refractivity contribution in [2.45, 2.75) is 24.4 Å². The second kappa shape index (κ2) is 3.66. The smallest absolute Gasteiger partial charge is 0.152 e. The molecule has 0 radical (unpaired) electrons. The van der Waals surface area contributed by atoms with E-state index in [0.29, 0.717) is 6.61 Å². The van der Waals surface area contributed by atoms with E-state index < -0.39 is 6.23 Å². The molecule has 1 rings (SSSR count). The summed E-state index contributed by atoms with van der Waals surface area (Å²) in [7, 11) is 0. The lowest BCUT2D eigenvalue weighted by Crippen LogP contribution is -2.27. The summed E-state index contributed by atoms with van der Waals surface area (Å²) in [6, 6.07) is 0. The summed E-state index contributed by atoms with van der Waals surface area (Å²) in [5, 5.41) is 3.24. The van der Waals surface area contributed by atoms with Crippen molar-refractivity contribution in [3.8, 4) is 0 Å². The molecule has 0 saturated carbocycles. The van der Waals surface area contributed by atoms with Gasteiger partial charge >= 0.3 is 0 Å². The number of hydrogen-bond acceptors (Lipinski definition) is 2. The van der Waals surface area contributed by atoms with Crippen molar-refractivity contribution in [2.24, 2.45) is 5.11 Å². The number of halogens is 1. The average molecular weight is 162 g/mol. The van der Waals surface area contributed by atoms with Gasteiger partial charge in [-0.3, -0.25) is 0 Å². The lowest BCUT2D eigenvalue weighted by molar-refractivity contribution is 0.0243. The van der Waals surface area contributed by atoms with Gasteiger partial charge in [-0.05, 0) is 18.4 Å². The maximum absolute atomic E-state index is 8.06. The first-order valence-corrected chi connectivity index (χ1v) is 3.58. The lowest BCUT2D eigenvalue weighted by atomic mass is 10.2. The average Bonchev–Trinajstić information content (AvgIpc) is 1.94. The molecule has 0 N–H and O–H groups in total. The Bertz CT molecular complexity index is 157. The minimum atomic E-state index is -0.458. The van der Waals surface area contributed by atoms with Crippen LogP contribution in [-0.2, 0) is 4.74 Å². The highest BCUT2D eigenvalue weighted by molar-refractivity contribution is 6.21. The van der Waals surface area contributed by atoms with Crippen molar-refractivity contribution in [2.75, 3.05) is 6.61 Å². The Morgan fingerprint density at radius 3 is 3.10 bits per heavy atom. The molecule has 0 aromatic rings. The fourth-order valence-electron chi connectivity index (χ4n) is 0.886. The minimum Gasteiger partial charge on any atom is -0.371 e. The molecule has 0 amide bonds. The number of azide groups is 1. The van der Waals surface area contributed by atoms with E-state index in [-0.39, 0.29) is 5.38 Å². The van der Waals surface area contributed by atoms with E-state index in [1.807, 2.05) is 0 Å². The molecular weight excluding hydrogens is 154 g/mol. The van der Waals surface area contributed by atoms with Crippen LogP contribution in [0.4, 0.5) is 0 Å². The second-order valence-electron chi connectivity index (χ2n) is 2.12. The van der Waals surface area contributed by atoms with Crippen molar-refractivity contribution < 1.29 is 4.74 Å². The molecule has 0 aliphatic carbocycles. The molecule has 4 nitrogen and oxygen atoms in total. The Morgan fingerprint density at radius 2 is 2.50 bits per heavy atom. The molecule has 1 fully saturated rings. The fraction of sp³-hybridized carbons (Fsp3) is 1.00. The first-order chi connectivity index (χ1) is 4.84. The van der Waals surface area contributed by atoms with Gasteiger partial charge in [0.25, 0.3) is 0 Å². The quantitative estimate of drug-likeness (QED) is 0.251. The van der Waals surface area contributed by atoms with Crippen molar-refractivity contribution in [1.82, 2.24) is 0 Å². The molecule has 5 heteroatoms. The van der Waals surface area contributed by atoms with Gasteiger partial charge in [0.15, 0.2) is 6.23 Å². The van der Waals surface area contributed by atoms with E-state index in [4.69, 9.17) is 21.9 Å². The molecule has 0 spiro atoms. The van der Waals surface area contributed by atoms with Crippen LogP contribution in [0.15, 0.2) is 5.11 Å². The van der Waals surface area contributed by atoms with Gasteiger partial charge in [0.2, 0.25) is 0 Å². The van der Waals surface area contributed by atoms with Gasteiger partial charge in [0.1, 0.15) is 0 Å². The third-order valence-corrected chi connectivity index (χ3v) is 1.82. The van der Waals surface area contributed by atoms with E-state index in [0.717, 1.165) is 12.8 Å². The van der Waals surface area contributed by atoms with E-state index in [1.54, 1.807) is 0 Å². The maximum Gasteiger partial charge on any atom is 0.152 e. The molecule has 1 heterocycles. The largest absolute Gasteiger partial charge is 0.371 e. The molecule has 0 aromatic carbocycles. The van der Waals surface area contributed by atoms with Crippen molar-refractivity contribution >= 4 is 11.6 Å². The number of rotatable bonds is 1. The zero-order valence-electron chi connectivity index (χ0n) is 5.40. The normalized spacial score (nSPS) is 32.9. The predicted molar refractivity (Wildman–Crippen MR) is 37.8 cm³/mol. The molecule has 0 bridgehead atoms. The van der Waals surface area contributed by atoms with E-state index in [2.05, 4.69) is 10.0 Å². The monoisotopic (exact) mass is 161 g/mol. The molecule has 1 saturated heterocycles. The van der Waals surface area contributed by atoms with Gasteiger partial charge in [-0.1, -0.05) is 5.11 Å².